The molecule has 0 spiro atoms. The topological polar surface area (TPSA) is 43.1 Å². The third-order valence-electron chi connectivity index (χ3n) is 3.58. The van der Waals surface area contributed by atoms with Crippen LogP contribution in [0, 0.1) is 12.7 Å². The first-order valence-electron chi connectivity index (χ1n) is 7.34. The van der Waals surface area contributed by atoms with Gasteiger partial charge in [0.25, 0.3) is 0 Å². The molecule has 3 nitrogen and oxygen atoms in total. The maximum absolute atomic E-state index is 13.8. The van der Waals surface area contributed by atoms with Crippen LogP contribution < -0.4 is 0 Å². The fourth-order valence-electron chi connectivity index (χ4n) is 2.30. The van der Waals surface area contributed by atoms with Gasteiger partial charge in [0.2, 0.25) is 5.89 Å². The maximum Gasteiger partial charge on any atom is 0.226 e. The molecule has 6 heteroatoms. The van der Waals surface area contributed by atoms with Crippen molar-refractivity contribution in [2.24, 2.45) is 0 Å². The standard InChI is InChI=1S/C18H15ClFNO2S/c1-12-17(21-18(23-12)13-6-3-2-4-7-13)11-24(22)10-14-15(19)8-5-9-16(14)20/h2-9H,10-11H2,1H3. The molecule has 1 aromatic heterocycles. The second-order valence-electron chi connectivity index (χ2n) is 5.32. The van der Waals surface area contributed by atoms with E-state index in [-0.39, 0.29) is 22.1 Å². The van der Waals surface area contributed by atoms with Gasteiger partial charge in [-0.1, -0.05) is 35.9 Å². The van der Waals surface area contributed by atoms with Gasteiger partial charge in [-0.25, -0.2) is 9.37 Å². The zero-order chi connectivity index (χ0) is 17.1. The molecular weight excluding hydrogens is 349 g/mol. The molecule has 0 aliphatic rings. The predicted octanol–water partition coefficient (Wildman–Crippen LogP) is 4.89. The molecule has 124 valence electrons. The van der Waals surface area contributed by atoms with E-state index in [0.717, 1.165) is 5.56 Å². The van der Waals surface area contributed by atoms with Crippen LogP contribution in [-0.4, -0.2) is 9.19 Å². The molecule has 2 aromatic carbocycles. The summed E-state index contributed by atoms with van der Waals surface area (Å²) in [6.45, 7) is 1.78. The summed E-state index contributed by atoms with van der Waals surface area (Å²) in [6.07, 6.45) is 0. The number of nitrogens with zero attached hydrogens (tertiary/aromatic N) is 1. The molecule has 0 N–H and O–H groups in total. The van der Waals surface area contributed by atoms with Crippen LogP contribution in [0.1, 0.15) is 17.0 Å². The van der Waals surface area contributed by atoms with E-state index in [9.17, 15) is 8.60 Å². The van der Waals surface area contributed by atoms with Crippen LogP contribution in [0.25, 0.3) is 11.5 Å². The molecule has 0 fully saturated rings. The van der Waals surface area contributed by atoms with Crippen molar-refractivity contribution in [2.45, 2.75) is 18.4 Å². The van der Waals surface area contributed by atoms with Crippen LogP contribution in [0.15, 0.2) is 52.9 Å². The van der Waals surface area contributed by atoms with Crippen LogP contribution in [-0.2, 0) is 22.3 Å². The summed E-state index contributed by atoms with van der Waals surface area (Å²) in [5, 5.41) is 0.283. The third kappa shape index (κ3) is 3.74. The minimum atomic E-state index is -1.34. The van der Waals surface area contributed by atoms with Gasteiger partial charge in [-0.05, 0) is 31.2 Å². The largest absolute Gasteiger partial charge is 0.441 e. The van der Waals surface area contributed by atoms with Gasteiger partial charge in [0, 0.05) is 26.9 Å². The monoisotopic (exact) mass is 363 g/mol. The number of rotatable bonds is 5. The normalized spacial score (nSPS) is 12.3. The van der Waals surface area contributed by atoms with E-state index in [0.29, 0.717) is 17.3 Å². The summed E-state index contributed by atoms with van der Waals surface area (Å²) >= 11 is 5.98. The van der Waals surface area contributed by atoms with E-state index in [4.69, 9.17) is 16.0 Å². The second kappa shape index (κ2) is 7.28. The van der Waals surface area contributed by atoms with E-state index >= 15 is 0 Å². The molecule has 3 rings (SSSR count). The van der Waals surface area contributed by atoms with Gasteiger partial charge < -0.3 is 4.42 Å². The van der Waals surface area contributed by atoms with Crippen LogP contribution in [0.5, 0.6) is 0 Å². The van der Waals surface area contributed by atoms with Crippen LogP contribution in [0.4, 0.5) is 4.39 Å². The van der Waals surface area contributed by atoms with Gasteiger partial charge in [-0.3, -0.25) is 4.21 Å². The molecule has 0 saturated heterocycles. The average molecular weight is 364 g/mol. The summed E-state index contributed by atoms with van der Waals surface area (Å²) in [5.41, 5.74) is 1.73. The Bertz CT molecular complexity index is 860. The van der Waals surface area contributed by atoms with E-state index in [1.807, 2.05) is 30.3 Å². The number of aryl methyl sites for hydroxylation is 1. The molecule has 3 aromatic rings. The molecule has 0 aliphatic heterocycles. The maximum atomic E-state index is 13.8. The predicted molar refractivity (Wildman–Crippen MR) is 93.6 cm³/mol. The first-order chi connectivity index (χ1) is 11.5. The Labute approximate surface area is 146 Å². The lowest BCUT2D eigenvalue weighted by atomic mass is 10.2. The smallest absolute Gasteiger partial charge is 0.226 e. The van der Waals surface area contributed by atoms with Gasteiger partial charge in [-0.15, -0.1) is 0 Å². The Balaban J connectivity index is 1.77. The van der Waals surface area contributed by atoms with Gasteiger partial charge in [0.1, 0.15) is 11.6 Å². The lowest BCUT2D eigenvalue weighted by Crippen LogP contribution is -2.03. The highest BCUT2D eigenvalue weighted by molar-refractivity contribution is 7.83. The summed E-state index contributed by atoms with van der Waals surface area (Å²) in [4.78, 5) is 4.42. The minimum Gasteiger partial charge on any atom is -0.441 e. The molecular formula is C18H15ClFNO2S. The molecule has 0 saturated carbocycles. The Morgan fingerprint density at radius 1 is 1.12 bits per heavy atom. The molecule has 1 heterocycles. The van der Waals surface area contributed by atoms with Crippen molar-refractivity contribution in [3.63, 3.8) is 0 Å². The quantitative estimate of drug-likeness (QED) is 0.648. The van der Waals surface area contributed by atoms with E-state index in [2.05, 4.69) is 4.98 Å². The third-order valence-corrected chi connectivity index (χ3v) is 5.14. The Morgan fingerprint density at radius 3 is 2.58 bits per heavy atom. The molecule has 0 radical (unpaired) electrons. The number of hydrogen-bond donors (Lipinski definition) is 0. The van der Waals surface area contributed by atoms with Gasteiger partial charge >= 0.3 is 0 Å². The molecule has 24 heavy (non-hydrogen) atoms. The zero-order valence-electron chi connectivity index (χ0n) is 13.0. The van der Waals surface area contributed by atoms with Crippen molar-refractivity contribution in [1.29, 1.82) is 0 Å². The zero-order valence-corrected chi connectivity index (χ0v) is 14.5. The fraction of sp³-hybridized carbons (Fsp3) is 0.167. The van der Waals surface area contributed by atoms with Crippen molar-refractivity contribution in [3.05, 3.63) is 76.4 Å². The number of hydrogen-bond acceptors (Lipinski definition) is 3. The highest BCUT2D eigenvalue weighted by Gasteiger charge is 2.16. The van der Waals surface area contributed by atoms with Crippen LogP contribution >= 0.6 is 11.6 Å². The van der Waals surface area contributed by atoms with Crippen LogP contribution in [0.2, 0.25) is 5.02 Å². The number of benzene rings is 2. The van der Waals surface area contributed by atoms with Crippen LogP contribution in [0.3, 0.4) is 0 Å². The van der Waals surface area contributed by atoms with Gasteiger partial charge in [0.05, 0.1) is 17.2 Å². The molecule has 0 amide bonds. The summed E-state index contributed by atoms with van der Waals surface area (Å²) < 4.78 is 31.8. The summed E-state index contributed by atoms with van der Waals surface area (Å²) in [7, 11) is -1.34. The first kappa shape index (κ1) is 16.9. The van der Waals surface area contributed by atoms with Crippen molar-refractivity contribution < 1.29 is 13.0 Å². The van der Waals surface area contributed by atoms with Gasteiger partial charge in [-0.2, -0.15) is 0 Å². The first-order valence-corrected chi connectivity index (χ1v) is 9.21. The second-order valence-corrected chi connectivity index (χ2v) is 7.18. The average Bonchev–Trinajstić information content (AvgIpc) is 2.93. The number of halogens is 2. The number of aromatic nitrogens is 1. The van der Waals surface area contributed by atoms with Crippen molar-refractivity contribution >= 4 is 22.4 Å². The molecule has 1 unspecified atom stereocenters. The number of oxazole rings is 1. The van der Waals surface area contributed by atoms with Crippen molar-refractivity contribution in [1.82, 2.24) is 4.98 Å². The lowest BCUT2D eigenvalue weighted by molar-refractivity contribution is 0.540. The lowest BCUT2D eigenvalue weighted by Gasteiger charge is -2.05. The highest BCUT2D eigenvalue weighted by Crippen LogP contribution is 2.24. The summed E-state index contributed by atoms with van der Waals surface area (Å²) in [6, 6.07) is 13.9. The Morgan fingerprint density at radius 2 is 1.88 bits per heavy atom. The fourth-order valence-corrected chi connectivity index (χ4v) is 3.90. The van der Waals surface area contributed by atoms with Crippen molar-refractivity contribution in [3.8, 4) is 11.5 Å². The molecule has 1 atom stereocenters. The van der Waals surface area contributed by atoms with Crippen molar-refractivity contribution in [2.75, 3.05) is 0 Å². The molecule has 0 bridgehead atoms. The SMILES string of the molecule is Cc1oc(-c2ccccc2)nc1CS(=O)Cc1c(F)cccc1Cl. The van der Waals surface area contributed by atoms with E-state index in [1.165, 1.54) is 12.1 Å². The minimum absolute atomic E-state index is 0.0402. The molecule has 0 aliphatic carbocycles. The Hall–Kier alpha value is -1.98. The van der Waals surface area contributed by atoms with E-state index < -0.39 is 16.6 Å². The van der Waals surface area contributed by atoms with Gasteiger partial charge in [0.15, 0.2) is 0 Å². The van der Waals surface area contributed by atoms with E-state index in [1.54, 1.807) is 13.0 Å². The Kier molecular flexibility index (Phi) is 5.11. The summed E-state index contributed by atoms with van der Waals surface area (Å²) in [5.74, 6) is 0.884. The highest BCUT2D eigenvalue weighted by atomic mass is 35.5.